The van der Waals surface area contributed by atoms with Gasteiger partial charge >= 0.3 is 0 Å². The standard InChI is InChI=1S/C13H24BrN3O2S/c1-6-9-12(14)10(17(7-2)16-9)8-11(15)13(3,4)20(5,18)19/h11H,6-8,15H2,1-5H3. The van der Waals surface area contributed by atoms with Gasteiger partial charge in [0, 0.05) is 25.3 Å². The summed E-state index contributed by atoms with van der Waals surface area (Å²) in [6, 6.07) is -0.486. The summed E-state index contributed by atoms with van der Waals surface area (Å²) in [5.41, 5.74) is 8.12. The van der Waals surface area contributed by atoms with Crippen LogP contribution >= 0.6 is 15.9 Å². The van der Waals surface area contributed by atoms with Crippen LogP contribution in [0.25, 0.3) is 0 Å². The SMILES string of the molecule is CCc1nn(CC)c(CC(N)C(C)(C)S(C)(=O)=O)c1Br. The average Bonchev–Trinajstić information content (AvgIpc) is 2.64. The zero-order chi connectivity index (χ0) is 15.7. The highest BCUT2D eigenvalue weighted by Crippen LogP contribution is 2.27. The molecule has 0 aliphatic carbocycles. The Kier molecular flexibility index (Phi) is 5.43. The Morgan fingerprint density at radius 2 is 1.95 bits per heavy atom. The third-order valence-corrected chi connectivity index (χ3v) is 7.09. The summed E-state index contributed by atoms with van der Waals surface area (Å²) < 4.78 is 25.6. The fraction of sp³-hybridized carbons (Fsp3) is 0.769. The zero-order valence-electron chi connectivity index (χ0n) is 12.8. The molecule has 1 aromatic heterocycles. The second-order valence-corrected chi connectivity index (χ2v) is 8.95. The summed E-state index contributed by atoms with van der Waals surface area (Å²) in [5.74, 6) is 0. The van der Waals surface area contributed by atoms with E-state index in [4.69, 9.17) is 5.73 Å². The number of nitrogens with zero attached hydrogens (tertiary/aromatic N) is 2. The first-order valence-corrected chi connectivity index (χ1v) is 9.43. The van der Waals surface area contributed by atoms with Gasteiger partial charge < -0.3 is 5.73 Å². The minimum absolute atomic E-state index is 0.474. The van der Waals surface area contributed by atoms with E-state index in [9.17, 15) is 8.42 Å². The second-order valence-electron chi connectivity index (χ2n) is 5.56. The Bertz CT molecular complexity index is 579. The minimum Gasteiger partial charge on any atom is -0.326 e. The lowest BCUT2D eigenvalue weighted by molar-refractivity contribution is 0.468. The molecule has 0 fully saturated rings. The van der Waals surface area contributed by atoms with E-state index < -0.39 is 20.6 Å². The van der Waals surface area contributed by atoms with Crippen LogP contribution in [0.15, 0.2) is 4.47 Å². The summed E-state index contributed by atoms with van der Waals surface area (Å²) in [4.78, 5) is 0. The molecule has 0 aliphatic heterocycles. The topological polar surface area (TPSA) is 78.0 Å². The Morgan fingerprint density at radius 3 is 2.35 bits per heavy atom. The minimum atomic E-state index is -3.22. The van der Waals surface area contributed by atoms with Crippen molar-refractivity contribution >= 4 is 25.8 Å². The van der Waals surface area contributed by atoms with Gasteiger partial charge in [0.25, 0.3) is 0 Å². The summed E-state index contributed by atoms with van der Waals surface area (Å²) >= 11 is 3.56. The highest BCUT2D eigenvalue weighted by molar-refractivity contribution is 9.10. The summed E-state index contributed by atoms with van der Waals surface area (Å²) in [6.07, 6.45) is 2.53. The molecule has 0 amide bonds. The molecule has 2 N–H and O–H groups in total. The third kappa shape index (κ3) is 3.26. The van der Waals surface area contributed by atoms with Crippen LogP contribution in [0.3, 0.4) is 0 Å². The van der Waals surface area contributed by atoms with E-state index in [0.29, 0.717) is 6.42 Å². The molecule has 0 spiro atoms. The molecule has 1 aromatic rings. The van der Waals surface area contributed by atoms with Crippen molar-refractivity contribution in [2.75, 3.05) is 6.26 Å². The van der Waals surface area contributed by atoms with Gasteiger partial charge in [0.05, 0.1) is 20.6 Å². The lowest BCUT2D eigenvalue weighted by atomic mass is 9.99. The van der Waals surface area contributed by atoms with Crippen molar-refractivity contribution in [2.24, 2.45) is 5.73 Å². The van der Waals surface area contributed by atoms with Crippen molar-refractivity contribution < 1.29 is 8.42 Å². The van der Waals surface area contributed by atoms with Crippen molar-refractivity contribution in [3.8, 4) is 0 Å². The summed E-state index contributed by atoms with van der Waals surface area (Å²) in [5, 5.41) is 4.51. The Labute approximate surface area is 130 Å². The van der Waals surface area contributed by atoms with Crippen molar-refractivity contribution in [3.05, 3.63) is 15.9 Å². The number of aromatic nitrogens is 2. The maximum atomic E-state index is 11.9. The Morgan fingerprint density at radius 1 is 1.40 bits per heavy atom. The summed E-state index contributed by atoms with van der Waals surface area (Å²) in [6.45, 7) is 8.13. The fourth-order valence-electron chi connectivity index (χ4n) is 1.94. The molecule has 0 saturated carbocycles. The lowest BCUT2D eigenvalue weighted by Crippen LogP contribution is -2.50. The Hall–Kier alpha value is -0.400. The van der Waals surface area contributed by atoms with Crippen LogP contribution < -0.4 is 5.73 Å². The third-order valence-electron chi connectivity index (χ3n) is 3.96. The van der Waals surface area contributed by atoms with E-state index in [1.54, 1.807) is 13.8 Å². The number of hydrogen-bond acceptors (Lipinski definition) is 4. The van der Waals surface area contributed by atoms with Crippen LogP contribution in [0.4, 0.5) is 0 Å². The van der Waals surface area contributed by atoms with Gasteiger partial charge in [-0.2, -0.15) is 5.10 Å². The molecule has 0 bridgehead atoms. The molecule has 0 radical (unpaired) electrons. The van der Waals surface area contributed by atoms with E-state index >= 15 is 0 Å². The molecule has 0 saturated heterocycles. The van der Waals surface area contributed by atoms with Crippen molar-refractivity contribution in [3.63, 3.8) is 0 Å². The molecule has 116 valence electrons. The normalized spacial score (nSPS) is 14.6. The van der Waals surface area contributed by atoms with E-state index in [2.05, 4.69) is 21.0 Å². The predicted octanol–water partition coefficient (Wildman–Crippen LogP) is 1.92. The van der Waals surface area contributed by atoms with Gasteiger partial charge in [-0.05, 0) is 43.1 Å². The molecule has 1 unspecified atom stereocenters. The monoisotopic (exact) mass is 365 g/mol. The van der Waals surface area contributed by atoms with Gasteiger partial charge in [-0.15, -0.1) is 0 Å². The highest BCUT2D eigenvalue weighted by atomic mass is 79.9. The van der Waals surface area contributed by atoms with E-state index in [1.807, 2.05) is 18.5 Å². The maximum absolute atomic E-state index is 11.9. The molecule has 7 heteroatoms. The van der Waals surface area contributed by atoms with Crippen LogP contribution in [0.1, 0.15) is 39.1 Å². The number of halogens is 1. The quantitative estimate of drug-likeness (QED) is 0.834. The first-order chi connectivity index (χ1) is 9.06. The summed E-state index contributed by atoms with van der Waals surface area (Å²) in [7, 11) is -3.22. The lowest BCUT2D eigenvalue weighted by Gasteiger charge is -2.29. The Balaban J connectivity index is 3.14. The van der Waals surface area contributed by atoms with E-state index in [0.717, 1.165) is 28.8 Å². The maximum Gasteiger partial charge on any atom is 0.154 e. The van der Waals surface area contributed by atoms with Crippen LogP contribution in [0, 0.1) is 0 Å². The average molecular weight is 366 g/mol. The van der Waals surface area contributed by atoms with Gasteiger partial charge in [-0.1, -0.05) is 6.92 Å². The first kappa shape index (κ1) is 17.7. The van der Waals surface area contributed by atoms with Crippen molar-refractivity contribution in [2.45, 2.75) is 57.9 Å². The molecule has 1 rings (SSSR count). The van der Waals surface area contributed by atoms with Crippen LogP contribution in [-0.4, -0.2) is 35.2 Å². The zero-order valence-corrected chi connectivity index (χ0v) is 15.2. The van der Waals surface area contributed by atoms with Gasteiger partial charge in [0.1, 0.15) is 0 Å². The second kappa shape index (κ2) is 6.15. The molecular weight excluding hydrogens is 342 g/mol. The first-order valence-electron chi connectivity index (χ1n) is 6.75. The molecular formula is C13H24BrN3O2S. The highest BCUT2D eigenvalue weighted by Gasteiger charge is 2.37. The van der Waals surface area contributed by atoms with Gasteiger partial charge in [0.15, 0.2) is 9.84 Å². The largest absolute Gasteiger partial charge is 0.326 e. The van der Waals surface area contributed by atoms with Crippen LogP contribution in [0.2, 0.25) is 0 Å². The molecule has 1 heterocycles. The molecule has 1 atom stereocenters. The predicted molar refractivity (Wildman–Crippen MR) is 85.6 cm³/mol. The number of nitrogens with two attached hydrogens (primary N) is 1. The molecule has 0 aromatic carbocycles. The number of rotatable bonds is 6. The van der Waals surface area contributed by atoms with Crippen LogP contribution in [-0.2, 0) is 29.2 Å². The van der Waals surface area contributed by atoms with Crippen LogP contribution in [0.5, 0.6) is 0 Å². The van der Waals surface area contributed by atoms with E-state index in [-0.39, 0.29) is 0 Å². The molecule has 20 heavy (non-hydrogen) atoms. The smallest absolute Gasteiger partial charge is 0.154 e. The number of sulfone groups is 1. The van der Waals surface area contributed by atoms with Crippen molar-refractivity contribution in [1.82, 2.24) is 9.78 Å². The van der Waals surface area contributed by atoms with E-state index in [1.165, 1.54) is 6.26 Å². The molecule has 0 aliphatic rings. The van der Waals surface area contributed by atoms with Gasteiger partial charge in [-0.3, -0.25) is 4.68 Å². The van der Waals surface area contributed by atoms with Gasteiger partial charge in [0.2, 0.25) is 0 Å². The molecule has 5 nitrogen and oxygen atoms in total. The van der Waals surface area contributed by atoms with Crippen molar-refractivity contribution in [1.29, 1.82) is 0 Å². The fourth-order valence-corrected chi connectivity index (χ4v) is 3.30. The number of hydrogen-bond donors (Lipinski definition) is 1. The van der Waals surface area contributed by atoms with Gasteiger partial charge in [-0.25, -0.2) is 8.42 Å². The number of aryl methyl sites for hydroxylation is 2.